The largest absolute Gasteiger partial charge is 0.504 e. The Morgan fingerprint density at radius 2 is 1.77 bits per heavy atom. The molecule has 0 saturated carbocycles. The molecule has 2 aromatic rings. The Morgan fingerprint density at radius 1 is 1.00 bits per heavy atom. The predicted molar refractivity (Wildman–Crippen MR) is 117 cm³/mol. The number of fused-ring (bicyclic) bond motifs is 1. The summed E-state index contributed by atoms with van der Waals surface area (Å²) in [5.41, 5.74) is 1.11. The number of phenols is 1. The minimum Gasteiger partial charge on any atom is -0.504 e. The molecule has 0 aliphatic carbocycles. The summed E-state index contributed by atoms with van der Waals surface area (Å²) >= 11 is 0. The summed E-state index contributed by atoms with van der Waals surface area (Å²) in [4.78, 5) is 24.4. The van der Waals surface area contributed by atoms with Crippen molar-refractivity contribution in [1.82, 2.24) is 0 Å². The zero-order valence-electron chi connectivity index (χ0n) is 18.5. The molecule has 2 aromatic carbocycles. The second kappa shape index (κ2) is 10.6. The van der Waals surface area contributed by atoms with Gasteiger partial charge in [-0.05, 0) is 31.0 Å². The van der Waals surface area contributed by atoms with E-state index in [0.717, 1.165) is 5.56 Å². The minimum atomic E-state index is -1.68. The van der Waals surface area contributed by atoms with Crippen molar-refractivity contribution in [1.29, 1.82) is 0 Å². The smallest absolute Gasteiger partial charge is 0.342 e. The topological polar surface area (TPSA) is 172 Å². The molecule has 2 aliphatic rings. The number of hydrogen-bond donors (Lipinski definition) is 5. The van der Waals surface area contributed by atoms with Gasteiger partial charge in [-0.1, -0.05) is 24.3 Å². The third-order valence-corrected chi connectivity index (χ3v) is 5.93. The highest BCUT2D eigenvalue weighted by Crippen LogP contribution is 2.35. The highest BCUT2D eigenvalue weighted by atomic mass is 16.7. The Bertz CT molecular complexity index is 1070. The van der Waals surface area contributed by atoms with Crippen molar-refractivity contribution in [3.8, 4) is 11.5 Å². The number of phenolic OH excluding ortho intramolecular Hbond substituents is 1. The number of aromatic hydroxyl groups is 1. The molecule has 0 aromatic heterocycles. The van der Waals surface area contributed by atoms with Crippen molar-refractivity contribution >= 4 is 11.9 Å². The fourth-order valence-corrected chi connectivity index (χ4v) is 4.02. The molecule has 0 amide bonds. The van der Waals surface area contributed by atoms with E-state index in [1.807, 2.05) is 12.1 Å². The molecular formula is C24H26O11. The van der Waals surface area contributed by atoms with Crippen LogP contribution >= 0.6 is 0 Å². The number of benzene rings is 2. The summed E-state index contributed by atoms with van der Waals surface area (Å²) in [7, 11) is 0. The van der Waals surface area contributed by atoms with Gasteiger partial charge in [0.05, 0.1) is 18.8 Å². The van der Waals surface area contributed by atoms with Crippen LogP contribution in [0.25, 0.3) is 0 Å². The van der Waals surface area contributed by atoms with E-state index in [-0.39, 0.29) is 23.9 Å². The van der Waals surface area contributed by atoms with Gasteiger partial charge >= 0.3 is 11.9 Å². The number of esters is 2. The Kier molecular flexibility index (Phi) is 7.53. The molecule has 35 heavy (non-hydrogen) atoms. The van der Waals surface area contributed by atoms with Crippen molar-refractivity contribution in [3.05, 3.63) is 59.2 Å². The SMILES string of the molecule is O=C1OC(CCCOC(=O)c2cccc(OC3OC(CO)C(O)C(O)C3O)c2O)c2ccccc21. The van der Waals surface area contributed by atoms with Crippen LogP contribution in [0.5, 0.6) is 11.5 Å². The maximum atomic E-state index is 12.5. The Hall–Kier alpha value is -3.22. The van der Waals surface area contributed by atoms with E-state index in [1.54, 1.807) is 12.1 Å². The fraction of sp³-hybridized carbons (Fsp3) is 0.417. The van der Waals surface area contributed by atoms with E-state index in [0.29, 0.717) is 18.4 Å². The van der Waals surface area contributed by atoms with Crippen LogP contribution in [-0.4, -0.2) is 81.4 Å². The first-order chi connectivity index (χ1) is 16.8. The fourth-order valence-electron chi connectivity index (χ4n) is 4.02. The Morgan fingerprint density at radius 3 is 2.54 bits per heavy atom. The van der Waals surface area contributed by atoms with E-state index in [4.69, 9.17) is 18.9 Å². The molecule has 2 heterocycles. The van der Waals surface area contributed by atoms with Crippen LogP contribution in [0, 0.1) is 0 Å². The van der Waals surface area contributed by atoms with Gasteiger partial charge in [0.2, 0.25) is 6.29 Å². The van der Waals surface area contributed by atoms with Crippen molar-refractivity contribution < 1.29 is 54.1 Å². The van der Waals surface area contributed by atoms with Gasteiger partial charge in [0, 0.05) is 5.56 Å². The van der Waals surface area contributed by atoms with Crippen molar-refractivity contribution in [3.63, 3.8) is 0 Å². The van der Waals surface area contributed by atoms with Crippen LogP contribution < -0.4 is 4.74 Å². The van der Waals surface area contributed by atoms with Crippen molar-refractivity contribution in [2.75, 3.05) is 13.2 Å². The lowest BCUT2D eigenvalue weighted by atomic mass is 9.99. The number of aliphatic hydroxyl groups excluding tert-OH is 4. The maximum absolute atomic E-state index is 12.5. The molecule has 0 spiro atoms. The second-order valence-corrected chi connectivity index (χ2v) is 8.23. The van der Waals surface area contributed by atoms with E-state index in [9.17, 15) is 35.1 Å². The van der Waals surface area contributed by atoms with Gasteiger partial charge in [0.1, 0.15) is 36.1 Å². The predicted octanol–water partition coefficient (Wildman–Crippen LogP) is 0.420. The van der Waals surface area contributed by atoms with E-state index < -0.39 is 55.1 Å². The van der Waals surface area contributed by atoms with E-state index in [1.165, 1.54) is 18.2 Å². The zero-order valence-corrected chi connectivity index (χ0v) is 18.5. The van der Waals surface area contributed by atoms with Crippen LogP contribution in [-0.2, 0) is 14.2 Å². The standard InChI is InChI=1S/C24H26O11/c25-11-17-19(27)20(28)21(29)24(35-17)34-16-8-3-7-14(18(16)26)22(30)32-10-4-9-15-12-5-1-2-6-13(12)23(31)33-15/h1-3,5-8,15,17,19-21,24-29H,4,9-11H2. The number of rotatable bonds is 8. The van der Waals surface area contributed by atoms with Crippen LogP contribution in [0.1, 0.15) is 45.2 Å². The van der Waals surface area contributed by atoms with E-state index in [2.05, 4.69) is 0 Å². The number of aliphatic hydroxyl groups is 4. The molecule has 11 nitrogen and oxygen atoms in total. The number of para-hydroxylation sites is 1. The van der Waals surface area contributed by atoms with Gasteiger partial charge in [-0.3, -0.25) is 0 Å². The molecule has 6 unspecified atom stereocenters. The third-order valence-electron chi connectivity index (χ3n) is 5.93. The summed E-state index contributed by atoms with van der Waals surface area (Å²) in [6.07, 6.45) is -7.20. The summed E-state index contributed by atoms with van der Waals surface area (Å²) in [5.74, 6) is -2.03. The molecular weight excluding hydrogens is 464 g/mol. The van der Waals surface area contributed by atoms with Gasteiger partial charge in [-0.25, -0.2) is 9.59 Å². The third kappa shape index (κ3) is 5.09. The first kappa shape index (κ1) is 24.9. The van der Waals surface area contributed by atoms with Crippen LogP contribution in [0.2, 0.25) is 0 Å². The molecule has 188 valence electrons. The second-order valence-electron chi connectivity index (χ2n) is 8.23. The van der Waals surface area contributed by atoms with Gasteiger partial charge < -0.3 is 44.5 Å². The molecule has 11 heteroatoms. The van der Waals surface area contributed by atoms with Gasteiger partial charge in [-0.15, -0.1) is 0 Å². The number of carbonyl (C=O) groups excluding carboxylic acids is 2. The zero-order chi connectivity index (χ0) is 25.1. The first-order valence-electron chi connectivity index (χ1n) is 11.1. The highest BCUT2D eigenvalue weighted by Gasteiger charge is 2.45. The number of cyclic esters (lactones) is 1. The number of ether oxygens (including phenoxy) is 4. The maximum Gasteiger partial charge on any atom is 0.342 e. The monoisotopic (exact) mass is 490 g/mol. The summed E-state index contributed by atoms with van der Waals surface area (Å²) < 4.78 is 21.3. The quantitative estimate of drug-likeness (QED) is 0.256. The summed E-state index contributed by atoms with van der Waals surface area (Å²) in [6.45, 7) is -0.638. The lowest BCUT2D eigenvalue weighted by Crippen LogP contribution is -2.60. The first-order valence-corrected chi connectivity index (χ1v) is 11.1. The average molecular weight is 490 g/mol. The highest BCUT2D eigenvalue weighted by molar-refractivity contribution is 5.94. The van der Waals surface area contributed by atoms with Crippen LogP contribution in [0.3, 0.4) is 0 Å². The van der Waals surface area contributed by atoms with Gasteiger partial charge in [0.25, 0.3) is 0 Å². The van der Waals surface area contributed by atoms with E-state index >= 15 is 0 Å². The van der Waals surface area contributed by atoms with Crippen molar-refractivity contribution in [2.45, 2.75) is 49.7 Å². The molecule has 5 N–H and O–H groups in total. The lowest BCUT2D eigenvalue weighted by molar-refractivity contribution is -0.277. The molecule has 4 rings (SSSR count). The molecule has 2 aliphatic heterocycles. The minimum absolute atomic E-state index is 0.00624. The van der Waals surface area contributed by atoms with Crippen LogP contribution in [0.4, 0.5) is 0 Å². The van der Waals surface area contributed by atoms with Gasteiger partial charge in [0.15, 0.2) is 11.5 Å². The molecule has 1 fully saturated rings. The summed E-state index contributed by atoms with van der Waals surface area (Å²) in [5, 5.41) is 49.7. The lowest BCUT2D eigenvalue weighted by Gasteiger charge is -2.39. The Labute approximate surface area is 200 Å². The normalized spacial score (nSPS) is 27.7. The molecule has 1 saturated heterocycles. The molecule has 6 atom stereocenters. The number of carbonyl (C=O) groups is 2. The van der Waals surface area contributed by atoms with Gasteiger partial charge in [-0.2, -0.15) is 0 Å². The average Bonchev–Trinajstić information content (AvgIpc) is 3.18. The number of hydrogen-bond acceptors (Lipinski definition) is 11. The summed E-state index contributed by atoms with van der Waals surface area (Å²) in [6, 6.07) is 11.1. The molecule has 0 bridgehead atoms. The Balaban J connectivity index is 1.33. The molecule has 0 radical (unpaired) electrons. The van der Waals surface area contributed by atoms with Crippen molar-refractivity contribution in [2.24, 2.45) is 0 Å². The van der Waals surface area contributed by atoms with Crippen LogP contribution in [0.15, 0.2) is 42.5 Å².